The molecule has 0 bridgehead atoms. The van der Waals surface area contributed by atoms with Gasteiger partial charge in [-0.15, -0.1) is 41.9 Å². The molecule has 4 nitrogen and oxygen atoms in total. The first-order chi connectivity index (χ1) is 11.7. The SMILES string of the molecule is C=CCCCN(C)C(=NC)NCC1CCN(Cc2cccs2)CC1.I. The van der Waals surface area contributed by atoms with Gasteiger partial charge in [0.25, 0.3) is 0 Å². The highest BCUT2D eigenvalue weighted by Crippen LogP contribution is 2.20. The molecule has 0 radical (unpaired) electrons. The molecule has 0 aliphatic carbocycles. The van der Waals surface area contributed by atoms with Crippen LogP contribution in [0.2, 0.25) is 0 Å². The van der Waals surface area contributed by atoms with Gasteiger partial charge in [-0.1, -0.05) is 12.1 Å². The van der Waals surface area contributed by atoms with Crippen molar-refractivity contribution >= 4 is 41.3 Å². The van der Waals surface area contributed by atoms with E-state index in [0.29, 0.717) is 0 Å². The van der Waals surface area contributed by atoms with Crippen LogP contribution in [0.3, 0.4) is 0 Å². The molecule has 0 aromatic carbocycles. The minimum Gasteiger partial charge on any atom is -0.356 e. The topological polar surface area (TPSA) is 30.9 Å². The zero-order valence-electron chi connectivity index (χ0n) is 15.6. The van der Waals surface area contributed by atoms with Gasteiger partial charge in [0.1, 0.15) is 0 Å². The normalized spacial score (nSPS) is 16.3. The number of nitrogens with zero attached hydrogens (tertiary/aromatic N) is 3. The molecule has 2 rings (SSSR count). The average Bonchev–Trinajstić information content (AvgIpc) is 3.10. The predicted octanol–water partition coefficient (Wildman–Crippen LogP) is 4.05. The van der Waals surface area contributed by atoms with E-state index in [4.69, 9.17) is 0 Å². The van der Waals surface area contributed by atoms with Crippen molar-refractivity contribution in [1.29, 1.82) is 0 Å². The van der Waals surface area contributed by atoms with Gasteiger partial charge < -0.3 is 10.2 Å². The summed E-state index contributed by atoms with van der Waals surface area (Å²) >= 11 is 1.86. The number of likely N-dealkylation sites (tertiary alicyclic amines) is 1. The first-order valence-corrected chi connectivity index (χ1v) is 9.88. The van der Waals surface area contributed by atoms with Crippen molar-refractivity contribution in [3.05, 3.63) is 35.0 Å². The highest BCUT2D eigenvalue weighted by atomic mass is 127. The molecule has 0 amide bonds. The summed E-state index contributed by atoms with van der Waals surface area (Å²) in [6.45, 7) is 9.36. The molecule has 1 aliphatic rings. The van der Waals surface area contributed by atoms with Crippen molar-refractivity contribution in [2.45, 2.75) is 32.2 Å². The Labute approximate surface area is 174 Å². The number of hydrogen-bond acceptors (Lipinski definition) is 3. The van der Waals surface area contributed by atoms with Crippen molar-refractivity contribution in [3.8, 4) is 0 Å². The zero-order valence-corrected chi connectivity index (χ0v) is 18.8. The Balaban J connectivity index is 0.00000312. The summed E-state index contributed by atoms with van der Waals surface area (Å²) in [4.78, 5) is 10.7. The van der Waals surface area contributed by atoms with E-state index in [1.807, 2.05) is 24.5 Å². The van der Waals surface area contributed by atoms with E-state index >= 15 is 0 Å². The minimum atomic E-state index is 0. The summed E-state index contributed by atoms with van der Waals surface area (Å²) in [6.07, 6.45) is 6.71. The Morgan fingerprint density at radius 2 is 2.24 bits per heavy atom. The fourth-order valence-corrected chi connectivity index (χ4v) is 3.92. The lowest BCUT2D eigenvalue weighted by atomic mass is 9.97. The van der Waals surface area contributed by atoms with Crippen molar-refractivity contribution in [3.63, 3.8) is 0 Å². The fraction of sp³-hybridized carbons (Fsp3) is 0.632. The molecule has 0 atom stereocenters. The van der Waals surface area contributed by atoms with Gasteiger partial charge in [-0.3, -0.25) is 9.89 Å². The molecule has 25 heavy (non-hydrogen) atoms. The van der Waals surface area contributed by atoms with Crippen LogP contribution in [-0.4, -0.2) is 56.0 Å². The number of thiophene rings is 1. The lowest BCUT2D eigenvalue weighted by Gasteiger charge is -2.32. The summed E-state index contributed by atoms with van der Waals surface area (Å²) in [7, 11) is 3.98. The Morgan fingerprint density at radius 3 is 2.84 bits per heavy atom. The number of piperidine rings is 1. The van der Waals surface area contributed by atoms with E-state index in [-0.39, 0.29) is 24.0 Å². The number of guanidine groups is 1. The van der Waals surface area contributed by atoms with Gasteiger partial charge in [-0.25, -0.2) is 0 Å². The van der Waals surface area contributed by atoms with E-state index in [1.165, 1.54) is 30.8 Å². The summed E-state index contributed by atoms with van der Waals surface area (Å²) in [5.41, 5.74) is 0. The number of rotatable bonds is 8. The average molecular weight is 476 g/mol. The van der Waals surface area contributed by atoms with Gasteiger partial charge in [0.05, 0.1) is 0 Å². The third kappa shape index (κ3) is 8.09. The van der Waals surface area contributed by atoms with Crippen molar-refractivity contribution in [2.75, 3.05) is 40.3 Å². The summed E-state index contributed by atoms with van der Waals surface area (Å²) in [5.74, 6) is 1.77. The van der Waals surface area contributed by atoms with Crippen LogP contribution < -0.4 is 5.32 Å². The molecule has 1 aromatic rings. The van der Waals surface area contributed by atoms with Gasteiger partial charge in [0.15, 0.2) is 5.96 Å². The van der Waals surface area contributed by atoms with Crippen LogP contribution in [0.1, 0.15) is 30.6 Å². The maximum Gasteiger partial charge on any atom is 0.193 e. The quantitative estimate of drug-likeness (QED) is 0.202. The van der Waals surface area contributed by atoms with Crippen LogP contribution in [0.5, 0.6) is 0 Å². The number of allylic oxidation sites excluding steroid dienone is 1. The molecule has 1 N–H and O–H groups in total. The summed E-state index contributed by atoms with van der Waals surface area (Å²) in [6, 6.07) is 4.39. The highest BCUT2D eigenvalue weighted by molar-refractivity contribution is 14.0. The van der Waals surface area contributed by atoms with Gasteiger partial charge in [0, 0.05) is 38.6 Å². The third-order valence-corrected chi connectivity index (χ3v) is 5.55. The molecule has 1 aromatic heterocycles. The molecular formula is C19H33IN4S. The van der Waals surface area contributed by atoms with E-state index < -0.39 is 0 Å². The minimum absolute atomic E-state index is 0. The zero-order chi connectivity index (χ0) is 17.2. The van der Waals surface area contributed by atoms with E-state index in [9.17, 15) is 0 Å². The van der Waals surface area contributed by atoms with Gasteiger partial charge in [-0.2, -0.15) is 0 Å². The Kier molecular flexibility index (Phi) is 11.4. The lowest BCUT2D eigenvalue weighted by molar-refractivity contribution is 0.179. The predicted molar refractivity (Wildman–Crippen MR) is 121 cm³/mol. The van der Waals surface area contributed by atoms with E-state index in [1.54, 1.807) is 0 Å². The second-order valence-electron chi connectivity index (χ2n) is 6.58. The van der Waals surface area contributed by atoms with E-state index in [0.717, 1.165) is 44.4 Å². The number of hydrogen-bond donors (Lipinski definition) is 1. The van der Waals surface area contributed by atoms with Crippen LogP contribution in [0.15, 0.2) is 35.2 Å². The molecule has 6 heteroatoms. The molecule has 1 fully saturated rings. The van der Waals surface area contributed by atoms with Crippen LogP contribution >= 0.6 is 35.3 Å². The molecular weight excluding hydrogens is 443 g/mol. The second kappa shape index (κ2) is 12.7. The van der Waals surface area contributed by atoms with Crippen LogP contribution in [0, 0.1) is 5.92 Å². The Morgan fingerprint density at radius 1 is 1.48 bits per heavy atom. The number of aliphatic imine (C=N–C) groups is 1. The van der Waals surface area contributed by atoms with Gasteiger partial charge in [0.2, 0.25) is 0 Å². The maximum atomic E-state index is 4.41. The highest BCUT2D eigenvalue weighted by Gasteiger charge is 2.20. The number of nitrogens with one attached hydrogen (secondary N) is 1. The standard InChI is InChI=1S/C19H32N4S.HI/c1-4-5-6-11-22(3)19(20-2)21-15-17-9-12-23(13-10-17)16-18-8-7-14-24-18;/h4,7-8,14,17H,1,5-6,9-13,15-16H2,2-3H3,(H,20,21);1H. The van der Waals surface area contributed by atoms with Crippen LogP contribution in [0.25, 0.3) is 0 Å². The smallest absolute Gasteiger partial charge is 0.193 e. The largest absolute Gasteiger partial charge is 0.356 e. The fourth-order valence-electron chi connectivity index (χ4n) is 3.17. The lowest BCUT2D eigenvalue weighted by Crippen LogP contribution is -2.43. The van der Waals surface area contributed by atoms with Crippen LogP contribution in [0.4, 0.5) is 0 Å². The third-order valence-electron chi connectivity index (χ3n) is 4.69. The molecule has 0 unspecified atom stereocenters. The van der Waals surface area contributed by atoms with Gasteiger partial charge in [-0.05, 0) is 56.1 Å². The van der Waals surface area contributed by atoms with Gasteiger partial charge >= 0.3 is 0 Å². The molecule has 0 spiro atoms. The molecule has 2 heterocycles. The van der Waals surface area contributed by atoms with Crippen molar-refractivity contribution in [1.82, 2.24) is 15.1 Å². The molecule has 1 aliphatic heterocycles. The monoisotopic (exact) mass is 476 g/mol. The first-order valence-electron chi connectivity index (χ1n) is 9.00. The molecule has 0 saturated carbocycles. The first kappa shape index (κ1) is 22.4. The number of halogens is 1. The Hall–Kier alpha value is -0.600. The van der Waals surface area contributed by atoms with Crippen molar-refractivity contribution in [2.24, 2.45) is 10.9 Å². The number of unbranched alkanes of at least 4 members (excludes halogenated alkanes) is 1. The summed E-state index contributed by atoms with van der Waals surface area (Å²) in [5, 5.41) is 5.73. The van der Waals surface area contributed by atoms with E-state index in [2.05, 4.69) is 51.2 Å². The Bertz CT molecular complexity index is 496. The summed E-state index contributed by atoms with van der Waals surface area (Å²) < 4.78 is 0. The maximum absolute atomic E-state index is 4.41. The molecule has 142 valence electrons. The van der Waals surface area contributed by atoms with Crippen LogP contribution in [-0.2, 0) is 6.54 Å². The van der Waals surface area contributed by atoms with Crippen molar-refractivity contribution < 1.29 is 0 Å². The second-order valence-corrected chi connectivity index (χ2v) is 7.61. The molecule has 1 saturated heterocycles.